The summed E-state index contributed by atoms with van der Waals surface area (Å²) >= 11 is 0. The fourth-order valence-electron chi connectivity index (χ4n) is 2.77. The van der Waals surface area contributed by atoms with Gasteiger partial charge in [-0.15, -0.1) is 0 Å². The van der Waals surface area contributed by atoms with Crippen molar-refractivity contribution in [2.24, 2.45) is 0 Å². The Kier molecular flexibility index (Phi) is 2.33. The number of rotatable bonds is 0. The Hall–Kier alpha value is -0.500. The highest BCUT2D eigenvalue weighted by Gasteiger charge is 2.38. The van der Waals surface area contributed by atoms with Crippen LogP contribution in [0.3, 0.4) is 0 Å². The molecule has 13 heavy (non-hydrogen) atoms. The third-order valence-electron chi connectivity index (χ3n) is 3.83. The number of piperidine rings is 2. The molecule has 0 saturated carbocycles. The minimum atomic E-state index is 0.459. The van der Waals surface area contributed by atoms with E-state index in [-0.39, 0.29) is 0 Å². The lowest BCUT2D eigenvalue weighted by Crippen LogP contribution is -2.54. The number of allylic oxidation sites excluding steroid dienone is 1. The zero-order valence-electron chi connectivity index (χ0n) is 8.60. The maximum absolute atomic E-state index is 4.15. The van der Waals surface area contributed by atoms with Crippen LogP contribution in [-0.4, -0.2) is 30.6 Å². The Balaban J connectivity index is 2.13. The fourth-order valence-corrected chi connectivity index (χ4v) is 2.77. The molecule has 74 valence electrons. The van der Waals surface area contributed by atoms with Gasteiger partial charge in [0, 0.05) is 18.3 Å². The Bertz CT molecular complexity index is 199. The van der Waals surface area contributed by atoms with Gasteiger partial charge in [-0.05, 0) is 45.2 Å². The van der Waals surface area contributed by atoms with Crippen LogP contribution in [0.2, 0.25) is 0 Å². The molecule has 0 aromatic rings. The summed E-state index contributed by atoms with van der Waals surface area (Å²) in [7, 11) is 2.23. The van der Waals surface area contributed by atoms with E-state index in [4.69, 9.17) is 0 Å². The highest BCUT2D eigenvalue weighted by Crippen LogP contribution is 2.38. The van der Waals surface area contributed by atoms with Crippen LogP contribution in [0.4, 0.5) is 0 Å². The van der Waals surface area contributed by atoms with Crippen molar-refractivity contribution in [1.29, 1.82) is 0 Å². The quantitative estimate of drug-likeness (QED) is 0.611. The molecular formula is C11H20N2. The highest BCUT2D eigenvalue weighted by atomic mass is 15.2. The Labute approximate surface area is 81.0 Å². The zero-order chi connectivity index (χ0) is 9.31. The smallest absolute Gasteiger partial charge is 0.0420 e. The van der Waals surface area contributed by atoms with Gasteiger partial charge in [-0.2, -0.15) is 0 Å². The first-order chi connectivity index (χ1) is 6.25. The SMILES string of the molecule is C=C1CCCC2(CCNCC2)N1C. The molecule has 2 nitrogen and oxygen atoms in total. The van der Waals surface area contributed by atoms with E-state index in [9.17, 15) is 0 Å². The predicted molar refractivity (Wildman–Crippen MR) is 55.6 cm³/mol. The number of hydrogen-bond donors (Lipinski definition) is 1. The average molecular weight is 180 g/mol. The summed E-state index contributed by atoms with van der Waals surface area (Å²) in [5.41, 5.74) is 1.80. The molecule has 0 aromatic heterocycles. The molecule has 2 saturated heterocycles. The summed E-state index contributed by atoms with van der Waals surface area (Å²) in [5.74, 6) is 0. The summed E-state index contributed by atoms with van der Waals surface area (Å²) in [4.78, 5) is 2.46. The van der Waals surface area contributed by atoms with Gasteiger partial charge < -0.3 is 10.2 Å². The maximum Gasteiger partial charge on any atom is 0.0420 e. The number of nitrogens with one attached hydrogen (secondary N) is 1. The van der Waals surface area contributed by atoms with E-state index < -0.39 is 0 Å². The molecule has 1 spiro atoms. The molecule has 0 bridgehead atoms. The van der Waals surface area contributed by atoms with Crippen LogP contribution in [0.25, 0.3) is 0 Å². The number of hydrogen-bond acceptors (Lipinski definition) is 2. The van der Waals surface area contributed by atoms with Gasteiger partial charge in [0.05, 0.1) is 0 Å². The molecule has 0 radical (unpaired) electrons. The van der Waals surface area contributed by atoms with E-state index in [1.807, 2.05) is 0 Å². The van der Waals surface area contributed by atoms with Crippen LogP contribution in [0.5, 0.6) is 0 Å². The maximum atomic E-state index is 4.15. The van der Waals surface area contributed by atoms with Crippen molar-refractivity contribution in [1.82, 2.24) is 10.2 Å². The van der Waals surface area contributed by atoms with E-state index in [1.54, 1.807) is 0 Å². The van der Waals surface area contributed by atoms with Crippen molar-refractivity contribution in [3.05, 3.63) is 12.3 Å². The van der Waals surface area contributed by atoms with Crippen molar-refractivity contribution in [3.63, 3.8) is 0 Å². The molecule has 1 N–H and O–H groups in total. The summed E-state index contributed by atoms with van der Waals surface area (Å²) in [6.07, 6.45) is 6.49. The van der Waals surface area contributed by atoms with Crippen LogP contribution in [0.1, 0.15) is 32.1 Å². The number of likely N-dealkylation sites (tertiary alicyclic amines) is 1. The van der Waals surface area contributed by atoms with Crippen molar-refractivity contribution in [2.75, 3.05) is 20.1 Å². The average Bonchev–Trinajstić information content (AvgIpc) is 2.16. The van der Waals surface area contributed by atoms with Gasteiger partial charge in [-0.1, -0.05) is 6.58 Å². The lowest BCUT2D eigenvalue weighted by Gasteiger charge is -2.50. The zero-order valence-corrected chi connectivity index (χ0v) is 8.60. The first kappa shape index (κ1) is 9.07. The van der Waals surface area contributed by atoms with E-state index >= 15 is 0 Å². The van der Waals surface area contributed by atoms with Crippen molar-refractivity contribution >= 4 is 0 Å². The van der Waals surface area contributed by atoms with Crippen LogP contribution >= 0.6 is 0 Å². The minimum absolute atomic E-state index is 0.459. The molecule has 2 heterocycles. The number of nitrogens with zero attached hydrogens (tertiary/aromatic N) is 1. The Morgan fingerprint density at radius 3 is 2.69 bits per heavy atom. The molecule has 2 aliphatic heterocycles. The monoisotopic (exact) mass is 180 g/mol. The topological polar surface area (TPSA) is 15.3 Å². The molecule has 2 fully saturated rings. The van der Waals surface area contributed by atoms with Gasteiger partial charge in [-0.3, -0.25) is 0 Å². The second-order valence-corrected chi connectivity index (χ2v) is 4.45. The molecule has 0 unspecified atom stereocenters. The van der Waals surface area contributed by atoms with Gasteiger partial charge in [0.1, 0.15) is 0 Å². The largest absolute Gasteiger partial charge is 0.373 e. The normalized spacial score (nSPS) is 28.1. The van der Waals surface area contributed by atoms with E-state index in [1.165, 1.54) is 50.9 Å². The van der Waals surface area contributed by atoms with E-state index in [0.29, 0.717) is 5.54 Å². The standard InChI is InChI=1S/C11H20N2/c1-10-4-3-5-11(13(10)2)6-8-12-9-7-11/h12H,1,3-9H2,2H3. The van der Waals surface area contributed by atoms with Gasteiger partial charge in [-0.25, -0.2) is 0 Å². The van der Waals surface area contributed by atoms with Crippen LogP contribution in [0, 0.1) is 0 Å². The third-order valence-corrected chi connectivity index (χ3v) is 3.83. The van der Waals surface area contributed by atoms with Crippen molar-refractivity contribution in [3.8, 4) is 0 Å². The first-order valence-electron chi connectivity index (χ1n) is 5.37. The first-order valence-corrected chi connectivity index (χ1v) is 5.37. The molecule has 2 aliphatic rings. The molecule has 0 atom stereocenters. The second-order valence-electron chi connectivity index (χ2n) is 4.45. The summed E-state index contributed by atoms with van der Waals surface area (Å²) < 4.78 is 0. The molecule has 0 amide bonds. The van der Waals surface area contributed by atoms with Gasteiger partial charge >= 0.3 is 0 Å². The van der Waals surface area contributed by atoms with Crippen molar-refractivity contribution in [2.45, 2.75) is 37.6 Å². The molecule has 2 rings (SSSR count). The van der Waals surface area contributed by atoms with Crippen LogP contribution in [-0.2, 0) is 0 Å². The second kappa shape index (κ2) is 3.33. The summed E-state index contributed by atoms with van der Waals surface area (Å²) in [6.45, 7) is 6.51. The Morgan fingerprint density at radius 1 is 1.31 bits per heavy atom. The van der Waals surface area contributed by atoms with Gasteiger partial charge in [0.25, 0.3) is 0 Å². The molecular weight excluding hydrogens is 160 g/mol. The predicted octanol–water partition coefficient (Wildman–Crippen LogP) is 1.74. The minimum Gasteiger partial charge on any atom is -0.373 e. The van der Waals surface area contributed by atoms with Gasteiger partial charge in [0.15, 0.2) is 0 Å². The van der Waals surface area contributed by atoms with E-state index in [2.05, 4.69) is 23.8 Å². The lowest BCUT2D eigenvalue weighted by atomic mass is 9.79. The molecule has 0 aliphatic carbocycles. The van der Waals surface area contributed by atoms with Crippen molar-refractivity contribution < 1.29 is 0 Å². The Morgan fingerprint density at radius 2 is 2.00 bits per heavy atom. The lowest BCUT2D eigenvalue weighted by molar-refractivity contribution is 0.0781. The molecule has 0 aromatic carbocycles. The van der Waals surface area contributed by atoms with Crippen LogP contribution in [0.15, 0.2) is 12.3 Å². The highest BCUT2D eigenvalue weighted by molar-refractivity contribution is 5.08. The summed E-state index contributed by atoms with van der Waals surface area (Å²) in [5, 5.41) is 3.44. The molecule has 2 heteroatoms. The summed E-state index contributed by atoms with van der Waals surface area (Å²) in [6, 6.07) is 0. The van der Waals surface area contributed by atoms with Gasteiger partial charge in [0.2, 0.25) is 0 Å². The van der Waals surface area contributed by atoms with E-state index in [0.717, 1.165) is 0 Å². The van der Waals surface area contributed by atoms with Crippen LogP contribution < -0.4 is 5.32 Å². The third kappa shape index (κ3) is 1.48. The fraction of sp³-hybridized carbons (Fsp3) is 0.818.